The van der Waals surface area contributed by atoms with Crippen LogP contribution in [-0.2, 0) is 4.79 Å². The summed E-state index contributed by atoms with van der Waals surface area (Å²) in [6.07, 6.45) is 0. The minimum Gasteiger partial charge on any atom is -0.340 e. The van der Waals surface area contributed by atoms with Crippen molar-refractivity contribution in [2.75, 3.05) is 32.7 Å². The van der Waals surface area contributed by atoms with Gasteiger partial charge in [0.15, 0.2) is 0 Å². The van der Waals surface area contributed by atoms with Gasteiger partial charge in [-0.1, -0.05) is 20.8 Å². The monoisotopic (exact) mass is 335 g/mol. The fourth-order valence-electron chi connectivity index (χ4n) is 2.82. The van der Waals surface area contributed by atoms with E-state index < -0.39 is 11.9 Å². The lowest BCUT2D eigenvalue weighted by molar-refractivity contribution is -0.136. The molecule has 1 saturated heterocycles. The number of piperazine rings is 1. The van der Waals surface area contributed by atoms with Gasteiger partial charge in [0.1, 0.15) is 11.9 Å². The number of hydrogen-bond donors (Lipinski definition) is 1. The summed E-state index contributed by atoms with van der Waals surface area (Å²) in [5.41, 5.74) is 0.352. The third kappa shape index (κ3) is 4.54. The molecule has 24 heavy (non-hydrogen) atoms. The van der Waals surface area contributed by atoms with Gasteiger partial charge < -0.3 is 15.1 Å². The Morgan fingerprint density at radius 3 is 2.21 bits per heavy atom. The van der Waals surface area contributed by atoms with Gasteiger partial charge in [-0.25, -0.2) is 4.39 Å². The minimum absolute atomic E-state index is 0.0221. The molecule has 1 aromatic rings. The number of nitrogens with zero attached hydrogens (tertiary/aromatic N) is 2. The number of amides is 2. The average molecular weight is 335 g/mol. The molecule has 6 heteroatoms. The molecule has 1 unspecified atom stereocenters. The molecule has 0 bridgehead atoms. The fourth-order valence-corrected chi connectivity index (χ4v) is 2.82. The lowest BCUT2D eigenvalue weighted by Gasteiger charge is -2.36. The summed E-state index contributed by atoms with van der Waals surface area (Å²) in [5, 5.41) is 2.81. The van der Waals surface area contributed by atoms with Crippen LogP contribution in [-0.4, -0.2) is 60.4 Å². The molecule has 2 amide bonds. The lowest BCUT2D eigenvalue weighted by atomic mass is 10.0. The minimum atomic E-state index is -0.573. The van der Waals surface area contributed by atoms with Gasteiger partial charge in [-0.15, -0.1) is 0 Å². The number of hydrogen-bond acceptors (Lipinski definition) is 3. The van der Waals surface area contributed by atoms with E-state index in [1.54, 1.807) is 0 Å². The van der Waals surface area contributed by atoms with E-state index in [1.807, 2.05) is 18.7 Å². The van der Waals surface area contributed by atoms with Crippen LogP contribution in [0.25, 0.3) is 0 Å². The van der Waals surface area contributed by atoms with E-state index in [4.69, 9.17) is 0 Å². The Balaban J connectivity index is 2.02. The van der Waals surface area contributed by atoms with Crippen molar-refractivity contribution in [3.63, 3.8) is 0 Å². The molecule has 1 atom stereocenters. The first-order valence-corrected chi connectivity index (χ1v) is 8.50. The van der Waals surface area contributed by atoms with E-state index in [-0.39, 0.29) is 17.7 Å². The summed E-state index contributed by atoms with van der Waals surface area (Å²) in [5.74, 6) is -0.812. The Labute approximate surface area is 142 Å². The molecule has 0 spiro atoms. The fraction of sp³-hybridized carbons (Fsp3) is 0.556. The van der Waals surface area contributed by atoms with E-state index >= 15 is 0 Å². The summed E-state index contributed by atoms with van der Waals surface area (Å²) in [6, 6.07) is 4.76. The zero-order valence-electron chi connectivity index (χ0n) is 14.6. The van der Waals surface area contributed by atoms with E-state index in [0.29, 0.717) is 18.7 Å². The first-order valence-electron chi connectivity index (χ1n) is 8.50. The van der Waals surface area contributed by atoms with Gasteiger partial charge in [-0.05, 0) is 36.7 Å². The first-order chi connectivity index (χ1) is 11.4. The molecule has 1 fully saturated rings. The summed E-state index contributed by atoms with van der Waals surface area (Å²) in [7, 11) is 0. The number of halogens is 1. The van der Waals surface area contributed by atoms with Gasteiger partial charge in [-0.2, -0.15) is 0 Å². The van der Waals surface area contributed by atoms with Crippen LogP contribution in [0.1, 0.15) is 31.1 Å². The van der Waals surface area contributed by atoms with Crippen molar-refractivity contribution in [1.29, 1.82) is 0 Å². The normalized spacial score (nSPS) is 17.0. The SMILES string of the molecule is CCN1CCN(C(=O)C(NC(=O)c2ccc(F)cc2)C(C)C)CC1. The number of nitrogens with one attached hydrogen (secondary N) is 1. The first kappa shape index (κ1) is 18.4. The third-order valence-electron chi connectivity index (χ3n) is 4.46. The van der Waals surface area contributed by atoms with Crippen LogP contribution in [0, 0.1) is 11.7 Å². The predicted molar refractivity (Wildman–Crippen MR) is 91.2 cm³/mol. The summed E-state index contributed by atoms with van der Waals surface area (Å²) in [6.45, 7) is 10.0. The standard InChI is InChI=1S/C18H26FN3O2/c1-4-21-9-11-22(12-10-21)18(24)16(13(2)3)20-17(23)14-5-7-15(19)8-6-14/h5-8,13,16H,4,9-12H2,1-3H3,(H,20,23). The Hall–Kier alpha value is -1.95. The molecule has 1 aliphatic rings. The van der Waals surface area contributed by atoms with Crippen molar-refractivity contribution in [2.45, 2.75) is 26.8 Å². The molecular weight excluding hydrogens is 309 g/mol. The molecule has 0 radical (unpaired) electrons. The van der Waals surface area contributed by atoms with Gasteiger partial charge in [0.05, 0.1) is 0 Å². The van der Waals surface area contributed by atoms with Crippen molar-refractivity contribution in [2.24, 2.45) is 5.92 Å². The summed E-state index contributed by atoms with van der Waals surface area (Å²) >= 11 is 0. The Morgan fingerprint density at radius 2 is 1.71 bits per heavy atom. The van der Waals surface area contributed by atoms with E-state index in [1.165, 1.54) is 24.3 Å². The van der Waals surface area contributed by atoms with Crippen LogP contribution in [0.4, 0.5) is 4.39 Å². The topological polar surface area (TPSA) is 52.6 Å². The predicted octanol–water partition coefficient (Wildman–Crippen LogP) is 1.74. The highest BCUT2D eigenvalue weighted by atomic mass is 19.1. The lowest BCUT2D eigenvalue weighted by Crippen LogP contribution is -2.56. The number of benzene rings is 1. The van der Waals surface area contributed by atoms with Gasteiger partial charge in [0.2, 0.25) is 5.91 Å². The van der Waals surface area contributed by atoms with Gasteiger partial charge in [0, 0.05) is 31.7 Å². The molecule has 0 aromatic heterocycles. The largest absolute Gasteiger partial charge is 0.340 e. The second kappa shape index (κ2) is 8.24. The van der Waals surface area contributed by atoms with Gasteiger partial charge in [-0.3, -0.25) is 9.59 Å². The third-order valence-corrected chi connectivity index (χ3v) is 4.46. The smallest absolute Gasteiger partial charge is 0.251 e. The molecule has 2 rings (SSSR count). The highest BCUT2D eigenvalue weighted by Crippen LogP contribution is 2.11. The summed E-state index contributed by atoms with van der Waals surface area (Å²) in [4.78, 5) is 29.3. The van der Waals surface area contributed by atoms with Crippen molar-refractivity contribution >= 4 is 11.8 Å². The molecule has 1 N–H and O–H groups in total. The Morgan fingerprint density at radius 1 is 1.12 bits per heavy atom. The maximum atomic E-state index is 13.0. The van der Waals surface area contributed by atoms with Crippen molar-refractivity contribution in [3.8, 4) is 0 Å². The highest BCUT2D eigenvalue weighted by Gasteiger charge is 2.30. The molecule has 1 aromatic carbocycles. The second-order valence-electron chi connectivity index (χ2n) is 6.46. The Bertz CT molecular complexity index is 566. The van der Waals surface area contributed by atoms with Crippen LogP contribution < -0.4 is 5.32 Å². The van der Waals surface area contributed by atoms with E-state index in [9.17, 15) is 14.0 Å². The van der Waals surface area contributed by atoms with Crippen molar-refractivity contribution in [1.82, 2.24) is 15.1 Å². The van der Waals surface area contributed by atoms with Crippen LogP contribution >= 0.6 is 0 Å². The number of likely N-dealkylation sites (N-methyl/N-ethyl adjacent to an activating group) is 1. The Kier molecular flexibility index (Phi) is 6.31. The van der Waals surface area contributed by atoms with Crippen LogP contribution in [0.2, 0.25) is 0 Å². The quantitative estimate of drug-likeness (QED) is 0.892. The number of rotatable bonds is 5. The second-order valence-corrected chi connectivity index (χ2v) is 6.46. The molecule has 0 saturated carbocycles. The van der Waals surface area contributed by atoms with Crippen LogP contribution in [0.15, 0.2) is 24.3 Å². The van der Waals surface area contributed by atoms with Crippen LogP contribution in [0.5, 0.6) is 0 Å². The molecule has 132 valence electrons. The van der Waals surface area contributed by atoms with Crippen molar-refractivity contribution < 1.29 is 14.0 Å². The highest BCUT2D eigenvalue weighted by molar-refractivity contribution is 5.97. The maximum Gasteiger partial charge on any atom is 0.251 e. The maximum absolute atomic E-state index is 13.0. The van der Waals surface area contributed by atoms with Gasteiger partial charge >= 0.3 is 0 Å². The molecular formula is C18H26FN3O2. The summed E-state index contributed by atoms with van der Waals surface area (Å²) < 4.78 is 13.0. The number of carbonyl (C=O) groups is 2. The van der Waals surface area contributed by atoms with Crippen LogP contribution in [0.3, 0.4) is 0 Å². The van der Waals surface area contributed by atoms with E-state index in [0.717, 1.165) is 19.6 Å². The molecule has 1 aliphatic heterocycles. The zero-order chi connectivity index (χ0) is 17.7. The average Bonchev–Trinajstić information content (AvgIpc) is 2.59. The van der Waals surface area contributed by atoms with E-state index in [2.05, 4.69) is 17.1 Å². The van der Waals surface area contributed by atoms with Crippen molar-refractivity contribution in [3.05, 3.63) is 35.6 Å². The molecule has 1 heterocycles. The molecule has 5 nitrogen and oxygen atoms in total. The van der Waals surface area contributed by atoms with Gasteiger partial charge in [0.25, 0.3) is 5.91 Å². The molecule has 0 aliphatic carbocycles. The zero-order valence-corrected chi connectivity index (χ0v) is 14.6. The number of carbonyl (C=O) groups excluding carboxylic acids is 2.